The third kappa shape index (κ3) is 8.10. The molecule has 0 aliphatic carbocycles. The molecule has 0 spiro atoms. The van der Waals surface area contributed by atoms with Crippen LogP contribution in [0.3, 0.4) is 0 Å². The Morgan fingerprint density at radius 1 is 0.893 bits per heavy atom. The second kappa shape index (κ2) is 11.5. The lowest BCUT2D eigenvalue weighted by atomic mass is 9.88. The second-order valence-electron chi connectivity index (χ2n) is 6.61. The Balaban J connectivity index is 1.84. The highest BCUT2D eigenvalue weighted by Crippen LogP contribution is 2.27. The minimum atomic E-state index is -3.13. The van der Waals surface area contributed by atoms with Crippen molar-refractivity contribution in [3.05, 3.63) is 71.8 Å². The van der Waals surface area contributed by atoms with Crippen LogP contribution in [0.5, 0.6) is 0 Å². The van der Waals surface area contributed by atoms with Gasteiger partial charge >= 0.3 is 0 Å². The highest BCUT2D eigenvalue weighted by Gasteiger charge is 2.13. The van der Waals surface area contributed by atoms with Crippen molar-refractivity contribution < 1.29 is 8.42 Å². The van der Waals surface area contributed by atoms with Gasteiger partial charge in [0.25, 0.3) is 0 Å². The third-order valence-corrected chi connectivity index (χ3v) is 5.09. The van der Waals surface area contributed by atoms with Gasteiger partial charge in [0, 0.05) is 32.6 Å². The number of hydrogen-bond donors (Lipinski definition) is 3. The lowest BCUT2D eigenvalue weighted by molar-refractivity contribution is 0.584. The van der Waals surface area contributed by atoms with E-state index >= 15 is 0 Å². The van der Waals surface area contributed by atoms with Gasteiger partial charge in [0.1, 0.15) is 0 Å². The van der Waals surface area contributed by atoms with Gasteiger partial charge in [-0.25, -0.2) is 13.1 Å². The van der Waals surface area contributed by atoms with Gasteiger partial charge in [-0.2, -0.15) is 0 Å². The van der Waals surface area contributed by atoms with Crippen LogP contribution in [0, 0.1) is 0 Å². The minimum Gasteiger partial charge on any atom is -0.356 e. The van der Waals surface area contributed by atoms with Gasteiger partial charge in [0.2, 0.25) is 10.0 Å². The fourth-order valence-corrected chi connectivity index (χ4v) is 3.52. The number of nitrogens with zero attached hydrogens (tertiary/aromatic N) is 1. The Labute approximate surface area is 168 Å². The fourth-order valence-electron chi connectivity index (χ4n) is 3.00. The zero-order valence-electron chi connectivity index (χ0n) is 16.6. The topological polar surface area (TPSA) is 82.6 Å². The molecule has 0 bridgehead atoms. The summed E-state index contributed by atoms with van der Waals surface area (Å²) in [7, 11) is -1.40. The molecule has 0 radical (unpaired) electrons. The predicted molar refractivity (Wildman–Crippen MR) is 116 cm³/mol. The zero-order chi connectivity index (χ0) is 20.2. The highest BCUT2D eigenvalue weighted by atomic mass is 32.2. The molecule has 0 aliphatic heterocycles. The molecule has 2 aromatic carbocycles. The van der Waals surface area contributed by atoms with Gasteiger partial charge < -0.3 is 10.6 Å². The molecule has 0 saturated heterocycles. The molecule has 0 unspecified atom stereocenters. The maximum Gasteiger partial charge on any atom is 0.208 e. The van der Waals surface area contributed by atoms with Crippen molar-refractivity contribution in [3.8, 4) is 0 Å². The molecule has 0 aliphatic rings. The van der Waals surface area contributed by atoms with Crippen LogP contribution in [0.2, 0.25) is 0 Å². The Morgan fingerprint density at radius 2 is 1.43 bits per heavy atom. The average molecular weight is 403 g/mol. The van der Waals surface area contributed by atoms with E-state index in [0.29, 0.717) is 25.4 Å². The van der Waals surface area contributed by atoms with Crippen molar-refractivity contribution in [3.63, 3.8) is 0 Å². The molecular weight excluding hydrogens is 372 g/mol. The van der Waals surface area contributed by atoms with E-state index in [9.17, 15) is 8.42 Å². The van der Waals surface area contributed by atoms with Crippen LogP contribution in [-0.2, 0) is 10.0 Å². The molecule has 3 N–H and O–H groups in total. The van der Waals surface area contributed by atoms with E-state index in [4.69, 9.17) is 0 Å². The molecule has 0 amide bonds. The summed E-state index contributed by atoms with van der Waals surface area (Å²) >= 11 is 0. The van der Waals surface area contributed by atoms with Crippen molar-refractivity contribution in [2.75, 3.05) is 32.9 Å². The first-order chi connectivity index (χ1) is 13.5. The van der Waals surface area contributed by atoms with Gasteiger partial charge in [-0.05, 0) is 24.0 Å². The molecular formula is C21H30N4O2S. The van der Waals surface area contributed by atoms with Crippen LogP contribution in [0.4, 0.5) is 0 Å². The third-order valence-electron chi connectivity index (χ3n) is 4.36. The molecule has 0 fully saturated rings. The summed E-state index contributed by atoms with van der Waals surface area (Å²) in [5.41, 5.74) is 2.59. The zero-order valence-corrected chi connectivity index (χ0v) is 17.4. The van der Waals surface area contributed by atoms with Crippen molar-refractivity contribution >= 4 is 16.0 Å². The monoisotopic (exact) mass is 402 g/mol. The summed E-state index contributed by atoms with van der Waals surface area (Å²) in [6, 6.07) is 21.0. The first-order valence-electron chi connectivity index (χ1n) is 9.48. The lowest BCUT2D eigenvalue weighted by Crippen LogP contribution is -2.39. The van der Waals surface area contributed by atoms with Gasteiger partial charge in [-0.15, -0.1) is 0 Å². The summed E-state index contributed by atoms with van der Waals surface area (Å²) in [4.78, 5) is 4.23. The van der Waals surface area contributed by atoms with E-state index in [0.717, 1.165) is 25.2 Å². The molecule has 152 valence electrons. The Kier molecular flexibility index (Phi) is 8.97. The molecule has 2 aromatic rings. The number of sulfonamides is 1. The molecule has 28 heavy (non-hydrogen) atoms. The van der Waals surface area contributed by atoms with Gasteiger partial charge in [0.15, 0.2) is 5.96 Å². The number of nitrogens with one attached hydrogen (secondary N) is 3. The van der Waals surface area contributed by atoms with Crippen molar-refractivity contribution in [1.82, 2.24) is 15.4 Å². The fraction of sp³-hybridized carbons (Fsp3) is 0.381. The number of hydrogen-bond acceptors (Lipinski definition) is 3. The maximum absolute atomic E-state index is 11.1. The van der Waals surface area contributed by atoms with Crippen LogP contribution in [0.25, 0.3) is 0 Å². The van der Waals surface area contributed by atoms with Gasteiger partial charge in [-0.3, -0.25) is 4.99 Å². The van der Waals surface area contributed by atoms with E-state index < -0.39 is 10.0 Å². The van der Waals surface area contributed by atoms with E-state index in [1.807, 2.05) is 12.1 Å². The lowest BCUT2D eigenvalue weighted by Gasteiger charge is -2.19. The number of guanidine groups is 1. The first-order valence-corrected chi connectivity index (χ1v) is 11.4. The Morgan fingerprint density at radius 3 is 1.93 bits per heavy atom. The highest BCUT2D eigenvalue weighted by molar-refractivity contribution is 7.88. The summed E-state index contributed by atoms with van der Waals surface area (Å²) in [6.07, 6.45) is 2.78. The molecule has 0 aromatic heterocycles. The summed E-state index contributed by atoms with van der Waals surface area (Å²) < 4.78 is 24.6. The second-order valence-corrected chi connectivity index (χ2v) is 8.44. The van der Waals surface area contributed by atoms with Crippen LogP contribution in [0.15, 0.2) is 65.7 Å². The standard InChI is InChI=1S/C21H30N4O2S/c1-22-21(23-15-9-16-25-28(2,26)27)24-17-14-20(18-10-5-3-6-11-18)19-12-7-4-8-13-19/h3-8,10-13,20,25H,9,14-17H2,1-2H3,(H2,22,23,24). The number of rotatable bonds is 10. The largest absolute Gasteiger partial charge is 0.356 e. The number of aliphatic imine (C=N–C) groups is 1. The van der Waals surface area contributed by atoms with Crippen molar-refractivity contribution in [2.24, 2.45) is 4.99 Å². The SMILES string of the molecule is CN=C(NCCCNS(C)(=O)=O)NCCC(c1ccccc1)c1ccccc1. The van der Waals surface area contributed by atoms with E-state index in [-0.39, 0.29) is 0 Å². The van der Waals surface area contributed by atoms with E-state index in [1.165, 1.54) is 11.1 Å². The van der Waals surface area contributed by atoms with Crippen molar-refractivity contribution in [2.45, 2.75) is 18.8 Å². The van der Waals surface area contributed by atoms with Crippen LogP contribution in [0.1, 0.15) is 29.9 Å². The van der Waals surface area contributed by atoms with Gasteiger partial charge in [-0.1, -0.05) is 60.7 Å². The quantitative estimate of drug-likeness (QED) is 0.324. The van der Waals surface area contributed by atoms with E-state index in [2.05, 4.69) is 68.9 Å². The summed E-state index contributed by atoms with van der Waals surface area (Å²) in [5.74, 6) is 1.03. The average Bonchev–Trinajstić information content (AvgIpc) is 2.70. The van der Waals surface area contributed by atoms with E-state index in [1.54, 1.807) is 7.05 Å². The van der Waals surface area contributed by atoms with Crippen LogP contribution >= 0.6 is 0 Å². The molecule has 0 atom stereocenters. The molecule has 7 heteroatoms. The molecule has 0 saturated carbocycles. The molecule has 0 heterocycles. The summed E-state index contributed by atoms with van der Waals surface area (Å²) in [5, 5.41) is 6.56. The smallest absolute Gasteiger partial charge is 0.208 e. The molecule has 6 nitrogen and oxygen atoms in total. The first kappa shape index (κ1) is 21.9. The molecule has 2 rings (SSSR count). The van der Waals surface area contributed by atoms with Crippen LogP contribution in [-0.4, -0.2) is 47.3 Å². The minimum absolute atomic E-state index is 0.312. The predicted octanol–water partition coefficient (Wildman–Crippen LogP) is 2.31. The van der Waals surface area contributed by atoms with Gasteiger partial charge in [0.05, 0.1) is 6.26 Å². The van der Waals surface area contributed by atoms with Crippen molar-refractivity contribution in [1.29, 1.82) is 0 Å². The maximum atomic E-state index is 11.1. The van der Waals surface area contributed by atoms with Crippen LogP contribution < -0.4 is 15.4 Å². The normalized spacial score (nSPS) is 12.2. The Hall–Kier alpha value is -2.38. The summed E-state index contributed by atoms with van der Waals surface area (Å²) in [6.45, 7) is 1.83. The Bertz CT molecular complexity index is 784. The number of benzene rings is 2.